The van der Waals surface area contributed by atoms with Crippen molar-refractivity contribution in [2.75, 3.05) is 18.0 Å². The minimum atomic E-state index is -0.417. The number of nitrogens with zero attached hydrogens (tertiary/aromatic N) is 3. The van der Waals surface area contributed by atoms with Crippen LogP contribution in [0.15, 0.2) is 17.6 Å². The van der Waals surface area contributed by atoms with E-state index < -0.39 is 6.10 Å². The van der Waals surface area contributed by atoms with Crippen LogP contribution in [0.25, 0.3) is 10.2 Å². The van der Waals surface area contributed by atoms with E-state index in [9.17, 15) is 15.2 Å². The second kappa shape index (κ2) is 4.75. The van der Waals surface area contributed by atoms with E-state index in [1.54, 1.807) is 11.6 Å². The van der Waals surface area contributed by atoms with Gasteiger partial charge in [-0.15, -0.1) is 11.3 Å². The average molecular weight is 279 g/mol. The summed E-state index contributed by atoms with van der Waals surface area (Å²) in [6.45, 7) is 1.17. The standard InChI is InChI=1S/C12H13N3O3S/c16-8-2-1-5-14(6-8)9-3-4-10-11(13-7-19-10)12(9)15(17)18/h3-4,7-8,16H,1-2,5-6H2. The number of benzene rings is 1. The molecule has 1 aromatic heterocycles. The van der Waals surface area contributed by atoms with Crippen molar-refractivity contribution in [3.8, 4) is 0 Å². The quantitative estimate of drug-likeness (QED) is 0.673. The Balaban J connectivity index is 2.11. The van der Waals surface area contributed by atoms with Crippen molar-refractivity contribution in [3.63, 3.8) is 0 Å². The SMILES string of the molecule is O=[N+]([O-])c1c(N2CCCC(O)C2)ccc2scnc12. The number of hydrogen-bond acceptors (Lipinski definition) is 6. The number of rotatable bonds is 2. The summed E-state index contributed by atoms with van der Waals surface area (Å²) in [6.07, 6.45) is 1.18. The lowest BCUT2D eigenvalue weighted by atomic mass is 10.1. The fourth-order valence-electron chi connectivity index (χ4n) is 2.51. The smallest absolute Gasteiger partial charge is 0.319 e. The number of aliphatic hydroxyl groups excluding tert-OH is 1. The van der Waals surface area contributed by atoms with E-state index in [1.807, 2.05) is 11.0 Å². The van der Waals surface area contributed by atoms with Gasteiger partial charge >= 0.3 is 5.69 Å². The molecule has 2 heterocycles. The zero-order valence-electron chi connectivity index (χ0n) is 10.2. The monoisotopic (exact) mass is 279 g/mol. The number of nitro benzene ring substituents is 1. The van der Waals surface area contributed by atoms with Gasteiger partial charge in [-0.3, -0.25) is 10.1 Å². The maximum Gasteiger partial charge on any atom is 0.319 e. The van der Waals surface area contributed by atoms with Crippen LogP contribution in [0.4, 0.5) is 11.4 Å². The topological polar surface area (TPSA) is 79.5 Å². The summed E-state index contributed by atoms with van der Waals surface area (Å²) in [5, 5.41) is 21.1. The summed E-state index contributed by atoms with van der Waals surface area (Å²) in [4.78, 5) is 16.9. The third-order valence-corrected chi connectivity index (χ3v) is 4.17. The molecule has 1 unspecified atom stereocenters. The second-order valence-corrected chi connectivity index (χ2v) is 5.52. The summed E-state index contributed by atoms with van der Waals surface area (Å²) < 4.78 is 0.813. The van der Waals surface area contributed by atoms with Crippen LogP contribution in [-0.2, 0) is 0 Å². The van der Waals surface area contributed by atoms with Gasteiger partial charge in [-0.05, 0) is 25.0 Å². The van der Waals surface area contributed by atoms with Crippen LogP contribution >= 0.6 is 11.3 Å². The van der Waals surface area contributed by atoms with Gasteiger partial charge in [0.05, 0.1) is 21.2 Å². The summed E-state index contributed by atoms with van der Waals surface area (Å²) >= 11 is 1.39. The van der Waals surface area contributed by atoms with E-state index in [0.717, 1.165) is 24.1 Å². The first-order valence-electron chi connectivity index (χ1n) is 6.10. The molecular formula is C12H13N3O3S. The van der Waals surface area contributed by atoms with Crippen molar-refractivity contribution in [3.05, 3.63) is 27.8 Å². The van der Waals surface area contributed by atoms with E-state index in [4.69, 9.17) is 0 Å². The Morgan fingerprint density at radius 2 is 2.37 bits per heavy atom. The fourth-order valence-corrected chi connectivity index (χ4v) is 3.19. The molecule has 1 aromatic carbocycles. The lowest BCUT2D eigenvalue weighted by molar-refractivity contribution is -0.382. The minimum Gasteiger partial charge on any atom is -0.391 e. The molecule has 2 aromatic rings. The molecule has 100 valence electrons. The molecule has 7 heteroatoms. The molecule has 1 aliphatic heterocycles. The Kier molecular flexibility index (Phi) is 3.08. The number of anilines is 1. The molecule has 3 rings (SSSR count). The zero-order chi connectivity index (χ0) is 13.4. The number of aliphatic hydroxyl groups is 1. The highest BCUT2D eigenvalue weighted by atomic mass is 32.1. The Morgan fingerprint density at radius 1 is 1.53 bits per heavy atom. The molecular weight excluding hydrogens is 266 g/mol. The number of fused-ring (bicyclic) bond motifs is 1. The predicted molar refractivity (Wildman–Crippen MR) is 73.7 cm³/mol. The van der Waals surface area contributed by atoms with Crippen LogP contribution in [0.5, 0.6) is 0 Å². The molecule has 1 N–H and O–H groups in total. The molecule has 0 spiro atoms. The lowest BCUT2D eigenvalue weighted by Gasteiger charge is -2.31. The predicted octanol–water partition coefficient (Wildman–Crippen LogP) is 2.17. The van der Waals surface area contributed by atoms with Gasteiger partial charge in [0.2, 0.25) is 0 Å². The van der Waals surface area contributed by atoms with E-state index >= 15 is 0 Å². The average Bonchev–Trinajstić information content (AvgIpc) is 2.85. The Morgan fingerprint density at radius 3 is 3.11 bits per heavy atom. The number of piperidine rings is 1. The van der Waals surface area contributed by atoms with Gasteiger partial charge in [-0.2, -0.15) is 0 Å². The molecule has 0 bridgehead atoms. The minimum absolute atomic E-state index is 0.0489. The van der Waals surface area contributed by atoms with Crippen LogP contribution in [0, 0.1) is 10.1 Å². The molecule has 0 radical (unpaired) electrons. The normalized spacial score (nSPS) is 19.8. The fraction of sp³-hybridized carbons (Fsp3) is 0.417. The summed E-state index contributed by atoms with van der Waals surface area (Å²) in [5.74, 6) is 0. The molecule has 1 atom stereocenters. The maximum atomic E-state index is 11.3. The van der Waals surface area contributed by atoms with Gasteiger partial charge in [0.1, 0.15) is 5.69 Å². The second-order valence-electron chi connectivity index (χ2n) is 4.63. The van der Waals surface area contributed by atoms with E-state index in [1.165, 1.54) is 11.3 Å². The van der Waals surface area contributed by atoms with Crippen molar-refractivity contribution in [1.82, 2.24) is 4.98 Å². The third kappa shape index (κ3) is 2.15. The van der Waals surface area contributed by atoms with Gasteiger partial charge in [0.25, 0.3) is 0 Å². The van der Waals surface area contributed by atoms with Gasteiger partial charge in [-0.25, -0.2) is 4.98 Å². The highest BCUT2D eigenvalue weighted by molar-refractivity contribution is 7.16. The van der Waals surface area contributed by atoms with Crippen molar-refractivity contribution in [1.29, 1.82) is 0 Å². The first-order chi connectivity index (χ1) is 9.16. The molecule has 6 nitrogen and oxygen atoms in total. The van der Waals surface area contributed by atoms with Crippen LogP contribution in [-0.4, -0.2) is 34.2 Å². The number of β-amino-alcohol motifs (C(OH)–C–C–N with tert-alkyl or cyclic N) is 1. The number of nitro groups is 1. The molecule has 0 saturated carbocycles. The Labute approximate surface area is 113 Å². The first kappa shape index (κ1) is 12.3. The highest BCUT2D eigenvalue weighted by Gasteiger charge is 2.27. The van der Waals surface area contributed by atoms with Gasteiger partial charge in [0.15, 0.2) is 5.52 Å². The zero-order valence-corrected chi connectivity index (χ0v) is 11.0. The summed E-state index contributed by atoms with van der Waals surface area (Å²) in [7, 11) is 0. The highest BCUT2D eigenvalue weighted by Crippen LogP contribution is 2.37. The number of hydrogen-bond donors (Lipinski definition) is 1. The van der Waals surface area contributed by atoms with Crippen LogP contribution in [0.1, 0.15) is 12.8 Å². The van der Waals surface area contributed by atoms with Gasteiger partial charge in [0, 0.05) is 13.1 Å². The van der Waals surface area contributed by atoms with E-state index in [0.29, 0.717) is 17.7 Å². The molecule has 0 aliphatic carbocycles. The number of thiazole rings is 1. The third-order valence-electron chi connectivity index (χ3n) is 3.37. The molecule has 1 saturated heterocycles. The van der Waals surface area contributed by atoms with E-state index in [2.05, 4.69) is 4.98 Å². The van der Waals surface area contributed by atoms with Crippen molar-refractivity contribution >= 4 is 32.9 Å². The molecule has 1 aliphatic rings. The largest absolute Gasteiger partial charge is 0.391 e. The maximum absolute atomic E-state index is 11.3. The van der Waals surface area contributed by atoms with Gasteiger partial charge in [-0.1, -0.05) is 0 Å². The van der Waals surface area contributed by atoms with Crippen LogP contribution in [0.2, 0.25) is 0 Å². The lowest BCUT2D eigenvalue weighted by Crippen LogP contribution is -2.38. The van der Waals surface area contributed by atoms with Crippen LogP contribution in [0.3, 0.4) is 0 Å². The van der Waals surface area contributed by atoms with Crippen LogP contribution < -0.4 is 4.90 Å². The summed E-state index contributed by atoms with van der Waals surface area (Å²) in [6, 6.07) is 3.62. The van der Waals surface area contributed by atoms with Gasteiger partial charge < -0.3 is 10.0 Å². The van der Waals surface area contributed by atoms with Crippen molar-refractivity contribution in [2.24, 2.45) is 0 Å². The first-order valence-corrected chi connectivity index (χ1v) is 6.98. The van der Waals surface area contributed by atoms with E-state index in [-0.39, 0.29) is 10.6 Å². The summed E-state index contributed by atoms with van der Waals surface area (Å²) in [5.41, 5.74) is 2.66. The Hall–Kier alpha value is -1.73. The molecule has 1 fully saturated rings. The van der Waals surface area contributed by atoms with Crippen molar-refractivity contribution < 1.29 is 10.0 Å². The molecule has 19 heavy (non-hydrogen) atoms. The molecule has 0 amide bonds. The van der Waals surface area contributed by atoms with Crippen molar-refractivity contribution in [2.45, 2.75) is 18.9 Å². The Bertz CT molecular complexity index is 628. The number of aromatic nitrogens is 1.